The lowest BCUT2D eigenvalue weighted by Crippen LogP contribution is -2.39. The largest absolute Gasteiger partial charge is 0.357 e. The summed E-state index contributed by atoms with van der Waals surface area (Å²) in [4.78, 5) is 11.3. The average Bonchev–Trinajstić information content (AvgIpc) is 2.58. The molecule has 0 spiro atoms. The van der Waals surface area contributed by atoms with Crippen molar-refractivity contribution in [3.05, 3.63) is 29.0 Å². The van der Waals surface area contributed by atoms with Crippen molar-refractivity contribution in [3.63, 3.8) is 0 Å². The van der Waals surface area contributed by atoms with E-state index in [9.17, 15) is 0 Å². The molecule has 0 aliphatic carbocycles. The molecule has 1 aromatic rings. The topological polar surface area (TPSA) is 52.6 Å². The van der Waals surface area contributed by atoms with E-state index in [1.54, 1.807) is 0 Å². The Bertz CT molecular complexity index is 501. The second-order valence-corrected chi connectivity index (χ2v) is 6.84. The first kappa shape index (κ1) is 22.4. The molecule has 2 N–H and O–H groups in total. The van der Waals surface area contributed by atoms with Gasteiger partial charge in [-0.3, -0.25) is 4.99 Å². The zero-order valence-electron chi connectivity index (χ0n) is 15.3. The molecule has 0 bridgehead atoms. The number of rotatable bonds is 7. The third kappa shape index (κ3) is 9.06. The SMILES string of the molecule is CCNC(=NCCN1CCC(C)CC1)NCCc1ccc(Cl)nc1.I. The summed E-state index contributed by atoms with van der Waals surface area (Å²) in [5, 5.41) is 7.23. The van der Waals surface area contributed by atoms with E-state index in [2.05, 4.69) is 39.4 Å². The summed E-state index contributed by atoms with van der Waals surface area (Å²) in [6, 6.07) is 3.84. The lowest BCUT2D eigenvalue weighted by Gasteiger charge is -2.29. The van der Waals surface area contributed by atoms with E-state index in [1.807, 2.05) is 18.3 Å². The summed E-state index contributed by atoms with van der Waals surface area (Å²) >= 11 is 5.81. The normalized spacial score (nSPS) is 16.4. The van der Waals surface area contributed by atoms with Gasteiger partial charge in [0.15, 0.2) is 5.96 Å². The Balaban J connectivity index is 0.00000312. The quantitative estimate of drug-likeness (QED) is 0.273. The number of hydrogen-bond donors (Lipinski definition) is 2. The third-order valence-electron chi connectivity index (χ3n) is 4.40. The summed E-state index contributed by atoms with van der Waals surface area (Å²) < 4.78 is 0. The van der Waals surface area contributed by atoms with Gasteiger partial charge in [0.1, 0.15) is 5.15 Å². The highest BCUT2D eigenvalue weighted by molar-refractivity contribution is 14.0. The smallest absolute Gasteiger partial charge is 0.191 e. The molecule has 2 rings (SSSR count). The van der Waals surface area contributed by atoms with E-state index in [0.717, 1.165) is 44.5 Å². The predicted octanol–water partition coefficient (Wildman–Crippen LogP) is 3.18. The van der Waals surface area contributed by atoms with Gasteiger partial charge < -0.3 is 15.5 Å². The second kappa shape index (κ2) is 12.7. The monoisotopic (exact) mass is 479 g/mol. The summed E-state index contributed by atoms with van der Waals surface area (Å²) in [5.74, 6) is 1.77. The minimum Gasteiger partial charge on any atom is -0.357 e. The van der Waals surface area contributed by atoms with E-state index in [0.29, 0.717) is 5.15 Å². The van der Waals surface area contributed by atoms with E-state index in [-0.39, 0.29) is 24.0 Å². The highest BCUT2D eigenvalue weighted by Crippen LogP contribution is 2.15. The van der Waals surface area contributed by atoms with Crippen LogP contribution in [0.2, 0.25) is 5.15 Å². The number of halogens is 2. The van der Waals surface area contributed by atoms with Gasteiger partial charge in [-0.25, -0.2) is 4.98 Å². The lowest BCUT2D eigenvalue weighted by molar-refractivity contribution is 0.197. The Labute approximate surface area is 174 Å². The van der Waals surface area contributed by atoms with Crippen LogP contribution < -0.4 is 10.6 Å². The maximum atomic E-state index is 5.81. The van der Waals surface area contributed by atoms with E-state index in [1.165, 1.54) is 31.5 Å². The second-order valence-electron chi connectivity index (χ2n) is 6.45. The number of aliphatic imine (C=N–C) groups is 1. The van der Waals surface area contributed by atoms with Crippen molar-refractivity contribution in [2.24, 2.45) is 10.9 Å². The molecule has 1 fully saturated rings. The molecule has 7 heteroatoms. The van der Waals surface area contributed by atoms with Crippen LogP contribution in [-0.2, 0) is 6.42 Å². The zero-order valence-corrected chi connectivity index (χ0v) is 18.4. The molecule has 0 radical (unpaired) electrons. The summed E-state index contributed by atoms with van der Waals surface area (Å²) in [7, 11) is 0. The molecule has 142 valence electrons. The fourth-order valence-electron chi connectivity index (χ4n) is 2.81. The minimum atomic E-state index is 0. The first-order valence-corrected chi connectivity index (χ1v) is 9.40. The van der Waals surface area contributed by atoms with E-state index >= 15 is 0 Å². The van der Waals surface area contributed by atoms with Crippen molar-refractivity contribution < 1.29 is 0 Å². The van der Waals surface area contributed by atoms with Crippen LogP contribution in [0, 0.1) is 5.92 Å². The van der Waals surface area contributed by atoms with Crippen molar-refractivity contribution in [1.82, 2.24) is 20.5 Å². The van der Waals surface area contributed by atoms with E-state index < -0.39 is 0 Å². The van der Waals surface area contributed by atoms with Crippen molar-refractivity contribution in [1.29, 1.82) is 0 Å². The number of nitrogens with one attached hydrogen (secondary N) is 2. The van der Waals surface area contributed by atoms with Gasteiger partial charge in [0.05, 0.1) is 6.54 Å². The maximum Gasteiger partial charge on any atom is 0.191 e. The third-order valence-corrected chi connectivity index (χ3v) is 4.62. The summed E-state index contributed by atoms with van der Waals surface area (Å²) in [5.41, 5.74) is 1.17. The maximum absolute atomic E-state index is 5.81. The van der Waals surface area contributed by atoms with Crippen LogP contribution in [-0.4, -0.2) is 55.1 Å². The standard InChI is InChI=1S/C18H30ClN5.HI/c1-3-20-18(21-9-6-16-4-5-17(19)23-14-16)22-10-13-24-11-7-15(2)8-12-24;/h4-5,14-15H,3,6-13H2,1-2H3,(H2,20,21,22);1H. The predicted molar refractivity (Wildman–Crippen MR) is 117 cm³/mol. The number of piperidine rings is 1. The molecule has 1 saturated heterocycles. The number of hydrogen-bond acceptors (Lipinski definition) is 3. The van der Waals surface area contributed by atoms with Gasteiger partial charge in [0.25, 0.3) is 0 Å². The molecule has 0 atom stereocenters. The van der Waals surface area contributed by atoms with Crippen LogP contribution in [0.1, 0.15) is 32.3 Å². The van der Waals surface area contributed by atoms with E-state index in [4.69, 9.17) is 11.6 Å². The van der Waals surface area contributed by atoms with Gasteiger partial charge in [-0.05, 0) is 56.8 Å². The Hall–Kier alpha value is -0.600. The number of nitrogens with zero attached hydrogens (tertiary/aromatic N) is 3. The highest BCUT2D eigenvalue weighted by atomic mass is 127. The van der Waals surface area contributed by atoms with Crippen LogP contribution >= 0.6 is 35.6 Å². The first-order chi connectivity index (χ1) is 11.7. The minimum absolute atomic E-state index is 0. The van der Waals surface area contributed by atoms with Crippen molar-refractivity contribution in [2.75, 3.05) is 39.3 Å². The summed E-state index contributed by atoms with van der Waals surface area (Å²) in [6.07, 6.45) is 5.36. The molecule has 0 aromatic carbocycles. The Kier molecular flexibility index (Phi) is 11.4. The summed E-state index contributed by atoms with van der Waals surface area (Å²) in [6.45, 7) is 10.4. The molecule has 1 aliphatic rings. The van der Waals surface area contributed by atoms with Crippen molar-refractivity contribution in [2.45, 2.75) is 33.1 Å². The van der Waals surface area contributed by atoms with Gasteiger partial charge in [-0.2, -0.15) is 0 Å². The first-order valence-electron chi connectivity index (χ1n) is 9.02. The Morgan fingerprint density at radius 1 is 1.32 bits per heavy atom. The molecule has 1 aliphatic heterocycles. The molecule has 5 nitrogen and oxygen atoms in total. The fourth-order valence-corrected chi connectivity index (χ4v) is 2.92. The van der Waals surface area contributed by atoms with Gasteiger partial charge >= 0.3 is 0 Å². The molecular weight excluding hydrogens is 449 g/mol. The number of guanidine groups is 1. The van der Waals surface area contributed by atoms with Crippen molar-refractivity contribution in [3.8, 4) is 0 Å². The van der Waals surface area contributed by atoms with Crippen LogP contribution in [0.4, 0.5) is 0 Å². The molecule has 0 unspecified atom stereocenters. The average molecular weight is 480 g/mol. The molecule has 25 heavy (non-hydrogen) atoms. The fraction of sp³-hybridized carbons (Fsp3) is 0.667. The molecule has 0 saturated carbocycles. The van der Waals surface area contributed by atoms with Crippen LogP contribution in [0.5, 0.6) is 0 Å². The zero-order chi connectivity index (χ0) is 17.2. The van der Waals surface area contributed by atoms with Gasteiger partial charge in [0.2, 0.25) is 0 Å². The molecule has 0 amide bonds. The lowest BCUT2D eigenvalue weighted by atomic mass is 9.99. The van der Waals surface area contributed by atoms with Crippen molar-refractivity contribution >= 4 is 41.5 Å². The Morgan fingerprint density at radius 3 is 2.72 bits per heavy atom. The van der Waals surface area contributed by atoms with Gasteiger partial charge in [-0.15, -0.1) is 24.0 Å². The molecule has 1 aromatic heterocycles. The van der Waals surface area contributed by atoms with Gasteiger partial charge in [0, 0.05) is 25.8 Å². The number of pyridine rings is 1. The van der Waals surface area contributed by atoms with Crippen LogP contribution in [0.25, 0.3) is 0 Å². The number of aromatic nitrogens is 1. The van der Waals surface area contributed by atoms with Gasteiger partial charge in [-0.1, -0.05) is 24.6 Å². The molecule has 2 heterocycles. The molecular formula is C18H31ClIN5. The Morgan fingerprint density at radius 2 is 2.08 bits per heavy atom. The van der Waals surface area contributed by atoms with Crippen LogP contribution in [0.15, 0.2) is 23.3 Å². The number of likely N-dealkylation sites (tertiary alicyclic amines) is 1. The van der Waals surface area contributed by atoms with Crippen LogP contribution in [0.3, 0.4) is 0 Å². The highest BCUT2D eigenvalue weighted by Gasteiger charge is 2.14.